The normalized spacial score (nSPS) is 10.0. The molecule has 0 aliphatic heterocycles. The Morgan fingerprint density at radius 3 is 1.90 bits per heavy atom. The summed E-state index contributed by atoms with van der Waals surface area (Å²) in [6.45, 7) is 0. The van der Waals surface area contributed by atoms with Crippen LogP contribution in [0.1, 0.15) is 0 Å². The summed E-state index contributed by atoms with van der Waals surface area (Å²) in [6.07, 6.45) is 0. The summed E-state index contributed by atoms with van der Waals surface area (Å²) in [5.74, 6) is -0.0382. The van der Waals surface area contributed by atoms with Crippen LogP contribution in [-0.2, 0) is 0 Å². The van der Waals surface area contributed by atoms with E-state index in [1.165, 1.54) is 0 Å². The van der Waals surface area contributed by atoms with E-state index in [1.807, 2.05) is 0 Å². The maximum absolute atomic E-state index is 6.70. The lowest BCUT2D eigenvalue weighted by Gasteiger charge is -2.08. The molecule has 0 aromatic rings. The van der Waals surface area contributed by atoms with Crippen LogP contribution < -0.4 is 11.5 Å². The van der Waals surface area contributed by atoms with Crippen LogP contribution in [0.2, 0.25) is 0 Å². The Balaban J connectivity index is 0. The summed E-state index contributed by atoms with van der Waals surface area (Å²) in [6, 6.07) is 0. The van der Waals surface area contributed by atoms with Crippen molar-refractivity contribution in [3.63, 3.8) is 0 Å². The number of nitrogens with zero attached hydrogens (tertiary/aromatic N) is 2. The van der Waals surface area contributed by atoms with Gasteiger partial charge in [0.25, 0.3) is 0 Å². The second-order valence-electron chi connectivity index (χ2n) is 1.75. The van der Waals surface area contributed by atoms with E-state index < -0.39 is 0 Å². The van der Waals surface area contributed by atoms with Gasteiger partial charge in [-0.05, 0) is 0 Å². The van der Waals surface area contributed by atoms with Crippen molar-refractivity contribution in [2.24, 2.45) is 16.5 Å². The monoisotopic (exact) mass is 163 g/mol. The second-order valence-corrected chi connectivity index (χ2v) is 1.75. The molecule has 0 aromatic heterocycles. The summed E-state index contributed by atoms with van der Waals surface area (Å²) in [5, 5.41) is 6.70. The van der Waals surface area contributed by atoms with Crippen LogP contribution in [0.3, 0.4) is 0 Å². The Bertz CT molecular complexity index is 141. The van der Waals surface area contributed by atoms with E-state index in [9.17, 15) is 0 Å². The van der Waals surface area contributed by atoms with E-state index in [2.05, 4.69) is 4.99 Å². The van der Waals surface area contributed by atoms with Crippen molar-refractivity contribution in [2.45, 2.75) is 0 Å². The first-order valence-electron chi connectivity index (χ1n) is 2.39. The average Bonchev–Trinajstić information content (AvgIpc) is 1.63. The minimum absolute atomic E-state index is 0. The lowest BCUT2D eigenvalue weighted by atomic mass is 10.8. The molecule has 0 bridgehead atoms. The molecule has 10 heavy (non-hydrogen) atoms. The number of rotatable bonds is 0. The molecule has 0 heterocycles. The first kappa shape index (κ1) is 11.8. The average molecular weight is 163 g/mol. The zero-order valence-electron chi connectivity index (χ0n) is 6.05. The van der Waals surface area contributed by atoms with Crippen molar-refractivity contribution in [1.82, 2.24) is 4.90 Å². The molecule has 0 aliphatic rings. The molecule has 0 atom stereocenters. The first-order chi connectivity index (χ1) is 4.04. The molecule has 5 N–H and O–H groups in total. The van der Waals surface area contributed by atoms with Crippen molar-refractivity contribution in [3.05, 3.63) is 0 Å². The molecule has 0 amide bonds. The standard InChI is InChI=1S/C4H11N5.H2S/c1-9(2)4(7)8-3(5)6;/h1-2H3,(H5,5,6,7,8);1H2. The van der Waals surface area contributed by atoms with Crippen molar-refractivity contribution >= 4 is 25.4 Å². The zero-order chi connectivity index (χ0) is 7.44. The van der Waals surface area contributed by atoms with Crippen LogP contribution in [0.15, 0.2) is 4.99 Å². The van der Waals surface area contributed by atoms with E-state index in [0.29, 0.717) is 0 Å². The molecule has 0 unspecified atom stereocenters. The van der Waals surface area contributed by atoms with Crippen LogP contribution in [-0.4, -0.2) is 30.9 Å². The fourth-order valence-electron chi connectivity index (χ4n) is 0.223. The number of nitrogens with one attached hydrogen (secondary N) is 1. The summed E-state index contributed by atoms with van der Waals surface area (Å²) in [4.78, 5) is 5.03. The molecule has 5 nitrogen and oxygen atoms in total. The predicted octanol–water partition coefficient (Wildman–Crippen LogP) is -1.13. The smallest absolute Gasteiger partial charge is 0.215 e. The van der Waals surface area contributed by atoms with Gasteiger partial charge in [-0.25, -0.2) is 0 Å². The molecule has 0 radical (unpaired) electrons. The molecular formula is C4H13N5S. The van der Waals surface area contributed by atoms with E-state index in [-0.39, 0.29) is 25.4 Å². The Morgan fingerprint density at radius 1 is 1.40 bits per heavy atom. The van der Waals surface area contributed by atoms with Gasteiger partial charge in [0.2, 0.25) is 5.96 Å². The number of hydrogen-bond acceptors (Lipinski definition) is 1. The maximum atomic E-state index is 6.70. The Morgan fingerprint density at radius 2 is 1.80 bits per heavy atom. The first-order valence-corrected chi connectivity index (χ1v) is 2.39. The largest absolute Gasteiger partial charge is 0.369 e. The van der Waals surface area contributed by atoms with Crippen molar-refractivity contribution < 1.29 is 0 Å². The fraction of sp³-hybridized carbons (Fsp3) is 0.500. The van der Waals surface area contributed by atoms with Gasteiger partial charge in [-0.3, -0.25) is 5.41 Å². The number of guanidine groups is 2. The van der Waals surface area contributed by atoms with Crippen molar-refractivity contribution in [2.75, 3.05) is 14.1 Å². The second kappa shape index (κ2) is 4.92. The quantitative estimate of drug-likeness (QED) is 0.311. The zero-order valence-corrected chi connectivity index (χ0v) is 7.05. The van der Waals surface area contributed by atoms with Gasteiger partial charge >= 0.3 is 0 Å². The lowest BCUT2D eigenvalue weighted by molar-refractivity contribution is 0.615. The molecule has 60 valence electrons. The van der Waals surface area contributed by atoms with Gasteiger partial charge in [0.05, 0.1) is 0 Å². The van der Waals surface area contributed by atoms with E-state index in [1.54, 1.807) is 19.0 Å². The van der Waals surface area contributed by atoms with E-state index in [0.717, 1.165) is 0 Å². The highest BCUT2D eigenvalue weighted by Crippen LogP contribution is 1.73. The van der Waals surface area contributed by atoms with Gasteiger partial charge in [-0.1, -0.05) is 0 Å². The molecule has 0 saturated heterocycles. The van der Waals surface area contributed by atoms with Crippen LogP contribution in [0.4, 0.5) is 0 Å². The lowest BCUT2D eigenvalue weighted by Crippen LogP contribution is -2.32. The summed E-state index contributed by atoms with van der Waals surface area (Å²) >= 11 is 0. The highest BCUT2D eigenvalue weighted by atomic mass is 32.1. The third kappa shape index (κ3) is 5.23. The van der Waals surface area contributed by atoms with E-state index >= 15 is 0 Å². The van der Waals surface area contributed by atoms with Crippen LogP contribution in [0.5, 0.6) is 0 Å². The Labute approximate surface area is 67.0 Å². The van der Waals surface area contributed by atoms with Gasteiger partial charge in [-0.15, -0.1) is 0 Å². The highest BCUT2D eigenvalue weighted by Gasteiger charge is 1.92. The molecule has 0 saturated carbocycles. The molecule has 0 aliphatic carbocycles. The topological polar surface area (TPSA) is 91.5 Å². The predicted molar refractivity (Wildman–Crippen MR) is 47.6 cm³/mol. The Kier molecular flexibility index (Phi) is 5.82. The molecule has 0 aromatic carbocycles. The summed E-state index contributed by atoms with van der Waals surface area (Å²) < 4.78 is 0. The molecular weight excluding hydrogens is 150 g/mol. The SMILES string of the molecule is CN(C)C(N)=NC(=N)N.S. The molecule has 0 rings (SSSR count). The van der Waals surface area contributed by atoms with Crippen LogP contribution >= 0.6 is 13.5 Å². The third-order valence-corrected chi connectivity index (χ3v) is 0.693. The van der Waals surface area contributed by atoms with Gasteiger partial charge < -0.3 is 16.4 Å². The van der Waals surface area contributed by atoms with Crippen LogP contribution in [0, 0.1) is 5.41 Å². The maximum Gasteiger partial charge on any atom is 0.215 e. The fourth-order valence-corrected chi connectivity index (χ4v) is 0.223. The number of hydrogen-bond donors (Lipinski definition) is 3. The van der Waals surface area contributed by atoms with Gasteiger partial charge in [0.15, 0.2) is 5.96 Å². The minimum atomic E-state index is -0.277. The third-order valence-electron chi connectivity index (χ3n) is 0.693. The Hall–Kier alpha value is -0.910. The molecule has 0 fully saturated rings. The highest BCUT2D eigenvalue weighted by molar-refractivity contribution is 7.59. The minimum Gasteiger partial charge on any atom is -0.369 e. The van der Waals surface area contributed by atoms with Crippen molar-refractivity contribution in [1.29, 1.82) is 5.41 Å². The summed E-state index contributed by atoms with van der Waals surface area (Å²) in [5.41, 5.74) is 10.2. The van der Waals surface area contributed by atoms with Gasteiger partial charge in [0.1, 0.15) is 0 Å². The summed E-state index contributed by atoms with van der Waals surface area (Å²) in [7, 11) is 3.45. The van der Waals surface area contributed by atoms with Gasteiger partial charge in [0, 0.05) is 14.1 Å². The van der Waals surface area contributed by atoms with E-state index in [4.69, 9.17) is 16.9 Å². The van der Waals surface area contributed by atoms with Crippen LogP contribution in [0.25, 0.3) is 0 Å². The number of aliphatic imine (C=N–C) groups is 1. The number of nitrogens with two attached hydrogens (primary N) is 2. The van der Waals surface area contributed by atoms with Crippen molar-refractivity contribution in [3.8, 4) is 0 Å². The molecule has 6 heteroatoms. The molecule has 0 spiro atoms. The van der Waals surface area contributed by atoms with Gasteiger partial charge in [-0.2, -0.15) is 18.5 Å².